The number of nitrogens with one attached hydrogen (secondary N) is 2. The van der Waals surface area contributed by atoms with E-state index < -0.39 is 20.0 Å². The Bertz CT molecular complexity index is 609. The standard InChI is InChI=1S/C10H16N2O4S2/c1-3-8-18(15,16)12-10-7-5-4-6-9(10)11-17(2,13)14/h4-7,11-12H,3,8H2,1-2H3. The lowest BCUT2D eigenvalue weighted by molar-refractivity contribution is 0.599. The van der Waals surface area contributed by atoms with E-state index in [1.807, 2.05) is 0 Å². The minimum atomic E-state index is -3.45. The molecule has 1 aromatic rings. The van der Waals surface area contributed by atoms with E-state index in [-0.39, 0.29) is 17.1 Å². The van der Waals surface area contributed by atoms with Crippen molar-refractivity contribution in [3.63, 3.8) is 0 Å². The molecule has 18 heavy (non-hydrogen) atoms. The fourth-order valence-electron chi connectivity index (χ4n) is 1.35. The summed E-state index contributed by atoms with van der Waals surface area (Å²) in [5.74, 6) is -0.0137. The molecule has 0 atom stereocenters. The van der Waals surface area contributed by atoms with Crippen LogP contribution in [0.15, 0.2) is 24.3 Å². The van der Waals surface area contributed by atoms with Crippen molar-refractivity contribution in [3.05, 3.63) is 24.3 Å². The van der Waals surface area contributed by atoms with Gasteiger partial charge < -0.3 is 0 Å². The van der Waals surface area contributed by atoms with Gasteiger partial charge in [0.25, 0.3) is 0 Å². The number of anilines is 2. The van der Waals surface area contributed by atoms with Crippen molar-refractivity contribution in [2.45, 2.75) is 13.3 Å². The summed E-state index contributed by atoms with van der Waals surface area (Å²) in [5, 5.41) is 0. The third-order valence-electron chi connectivity index (χ3n) is 1.96. The second kappa shape index (κ2) is 5.57. The molecule has 0 saturated heterocycles. The van der Waals surface area contributed by atoms with E-state index in [4.69, 9.17) is 0 Å². The highest BCUT2D eigenvalue weighted by Gasteiger charge is 2.13. The van der Waals surface area contributed by atoms with Crippen LogP contribution in [0.5, 0.6) is 0 Å². The van der Waals surface area contributed by atoms with Crippen LogP contribution in [0, 0.1) is 0 Å². The zero-order valence-electron chi connectivity index (χ0n) is 10.2. The molecule has 0 bridgehead atoms. The molecule has 0 aliphatic rings. The van der Waals surface area contributed by atoms with Gasteiger partial charge in [0.2, 0.25) is 20.0 Å². The minimum absolute atomic E-state index is 0.0137. The lowest BCUT2D eigenvalue weighted by Gasteiger charge is -2.12. The largest absolute Gasteiger partial charge is 0.282 e. The summed E-state index contributed by atoms with van der Waals surface area (Å²) in [5.41, 5.74) is 0.427. The second-order valence-corrected chi connectivity index (χ2v) is 7.43. The Kier molecular flexibility index (Phi) is 4.58. The van der Waals surface area contributed by atoms with Crippen LogP contribution in [0.2, 0.25) is 0 Å². The number of sulfonamides is 2. The molecule has 0 amide bonds. The summed E-state index contributed by atoms with van der Waals surface area (Å²) in [6.45, 7) is 1.75. The molecule has 2 N–H and O–H groups in total. The van der Waals surface area contributed by atoms with E-state index in [1.165, 1.54) is 12.1 Å². The molecule has 0 aliphatic heterocycles. The molecule has 0 spiro atoms. The lowest BCUT2D eigenvalue weighted by atomic mass is 10.3. The van der Waals surface area contributed by atoms with Gasteiger partial charge in [-0.2, -0.15) is 0 Å². The first kappa shape index (κ1) is 14.8. The minimum Gasteiger partial charge on any atom is -0.282 e. The van der Waals surface area contributed by atoms with Crippen molar-refractivity contribution in [2.75, 3.05) is 21.5 Å². The first-order valence-corrected chi connectivity index (χ1v) is 8.85. The lowest BCUT2D eigenvalue weighted by Crippen LogP contribution is -2.18. The number of hydrogen-bond acceptors (Lipinski definition) is 4. The highest BCUT2D eigenvalue weighted by atomic mass is 32.2. The van der Waals surface area contributed by atoms with Crippen molar-refractivity contribution in [3.8, 4) is 0 Å². The third-order valence-corrected chi connectivity index (χ3v) is 4.03. The summed E-state index contributed by atoms with van der Waals surface area (Å²) in [6, 6.07) is 6.23. The molecule has 0 unspecified atom stereocenters. The van der Waals surface area contributed by atoms with Crippen molar-refractivity contribution in [1.29, 1.82) is 0 Å². The summed E-state index contributed by atoms with van der Waals surface area (Å²) in [4.78, 5) is 0. The second-order valence-electron chi connectivity index (χ2n) is 3.84. The average molecular weight is 292 g/mol. The summed E-state index contributed by atoms with van der Waals surface area (Å²) >= 11 is 0. The van der Waals surface area contributed by atoms with Crippen LogP contribution < -0.4 is 9.44 Å². The van der Waals surface area contributed by atoms with Gasteiger partial charge in [-0.25, -0.2) is 16.8 Å². The molecule has 0 heterocycles. The summed E-state index contributed by atoms with van der Waals surface area (Å²) in [6.07, 6.45) is 1.49. The Balaban J connectivity index is 3.03. The SMILES string of the molecule is CCCS(=O)(=O)Nc1ccccc1NS(C)(=O)=O. The van der Waals surface area contributed by atoms with Crippen molar-refractivity contribution < 1.29 is 16.8 Å². The Hall–Kier alpha value is -1.28. The van der Waals surface area contributed by atoms with E-state index in [9.17, 15) is 16.8 Å². The Labute approximate surface area is 108 Å². The molecule has 0 fully saturated rings. The first-order chi connectivity index (χ1) is 8.23. The van der Waals surface area contributed by atoms with E-state index in [0.717, 1.165) is 6.26 Å². The number of rotatable bonds is 6. The maximum atomic E-state index is 11.6. The van der Waals surface area contributed by atoms with E-state index in [2.05, 4.69) is 9.44 Å². The maximum Gasteiger partial charge on any atom is 0.232 e. The monoisotopic (exact) mass is 292 g/mol. The normalized spacial score (nSPS) is 12.1. The molecule has 0 aromatic heterocycles. The number of hydrogen-bond donors (Lipinski definition) is 2. The quantitative estimate of drug-likeness (QED) is 0.824. The van der Waals surface area contributed by atoms with Crippen LogP contribution in [-0.4, -0.2) is 28.8 Å². The molecular formula is C10H16N2O4S2. The fourth-order valence-corrected chi connectivity index (χ4v) is 3.08. The first-order valence-electron chi connectivity index (χ1n) is 5.31. The molecule has 0 radical (unpaired) electrons. The third kappa shape index (κ3) is 4.92. The van der Waals surface area contributed by atoms with Crippen molar-refractivity contribution >= 4 is 31.4 Å². The number of para-hydroxylation sites is 2. The van der Waals surface area contributed by atoms with Crippen molar-refractivity contribution in [2.24, 2.45) is 0 Å². The van der Waals surface area contributed by atoms with Gasteiger partial charge in [0.1, 0.15) is 0 Å². The molecule has 8 heteroatoms. The molecular weight excluding hydrogens is 276 g/mol. The van der Waals surface area contributed by atoms with Crippen molar-refractivity contribution in [1.82, 2.24) is 0 Å². The van der Waals surface area contributed by atoms with Crippen LogP contribution in [0.1, 0.15) is 13.3 Å². The smallest absolute Gasteiger partial charge is 0.232 e. The Morgan fingerprint density at radius 2 is 1.50 bits per heavy atom. The Morgan fingerprint density at radius 3 is 1.94 bits per heavy atom. The van der Waals surface area contributed by atoms with Crippen LogP contribution in [0.25, 0.3) is 0 Å². The highest BCUT2D eigenvalue weighted by Crippen LogP contribution is 2.23. The van der Waals surface area contributed by atoms with Gasteiger partial charge in [-0.15, -0.1) is 0 Å². The van der Waals surface area contributed by atoms with Gasteiger partial charge >= 0.3 is 0 Å². The zero-order chi connectivity index (χ0) is 13.8. The van der Waals surface area contributed by atoms with Crippen LogP contribution in [0.3, 0.4) is 0 Å². The molecule has 1 rings (SSSR count). The predicted octanol–water partition coefficient (Wildman–Crippen LogP) is 1.21. The van der Waals surface area contributed by atoms with E-state index in [0.29, 0.717) is 6.42 Å². The van der Waals surface area contributed by atoms with E-state index in [1.54, 1.807) is 19.1 Å². The molecule has 0 saturated carbocycles. The van der Waals surface area contributed by atoms with Gasteiger partial charge in [0, 0.05) is 0 Å². The topological polar surface area (TPSA) is 92.3 Å². The van der Waals surface area contributed by atoms with Gasteiger partial charge in [0.05, 0.1) is 23.4 Å². The molecule has 0 aliphatic carbocycles. The van der Waals surface area contributed by atoms with Gasteiger partial charge in [-0.1, -0.05) is 19.1 Å². The zero-order valence-corrected chi connectivity index (χ0v) is 11.8. The maximum absolute atomic E-state index is 11.6. The molecule has 6 nitrogen and oxygen atoms in total. The van der Waals surface area contributed by atoms with Crippen LogP contribution in [-0.2, 0) is 20.0 Å². The summed E-state index contributed by atoms with van der Waals surface area (Å²) < 4.78 is 50.2. The van der Waals surface area contributed by atoms with Crippen LogP contribution >= 0.6 is 0 Å². The summed E-state index contributed by atoms with van der Waals surface area (Å²) in [7, 11) is -6.90. The fraction of sp³-hybridized carbons (Fsp3) is 0.400. The van der Waals surface area contributed by atoms with E-state index >= 15 is 0 Å². The Morgan fingerprint density at radius 1 is 1.00 bits per heavy atom. The highest BCUT2D eigenvalue weighted by molar-refractivity contribution is 7.93. The number of benzene rings is 1. The molecule has 102 valence electrons. The van der Waals surface area contributed by atoms with Crippen LogP contribution in [0.4, 0.5) is 11.4 Å². The molecule has 1 aromatic carbocycles. The average Bonchev–Trinajstić information content (AvgIpc) is 2.18. The van der Waals surface area contributed by atoms with Gasteiger partial charge in [-0.3, -0.25) is 9.44 Å². The van der Waals surface area contributed by atoms with Gasteiger partial charge in [0.15, 0.2) is 0 Å². The van der Waals surface area contributed by atoms with Gasteiger partial charge in [-0.05, 0) is 18.6 Å². The predicted molar refractivity (Wildman–Crippen MR) is 72.6 cm³/mol.